The molecule has 0 fully saturated rings. The van der Waals surface area contributed by atoms with Crippen molar-refractivity contribution in [3.05, 3.63) is 0 Å². The van der Waals surface area contributed by atoms with Gasteiger partial charge in [0.15, 0.2) is 0 Å². The van der Waals surface area contributed by atoms with Gasteiger partial charge in [-0.25, -0.2) is 9.20 Å². The third-order valence-corrected chi connectivity index (χ3v) is 2.87. The minimum atomic E-state index is 0.640. The molecule has 86 valence electrons. The fourth-order valence-electron chi connectivity index (χ4n) is 1.36. The first-order valence-corrected chi connectivity index (χ1v) is 6.62. The van der Waals surface area contributed by atoms with Crippen LogP contribution < -0.4 is 0 Å². The van der Waals surface area contributed by atoms with Crippen LogP contribution in [0, 0.1) is 0 Å². The first-order valence-electron chi connectivity index (χ1n) is 5.47. The van der Waals surface area contributed by atoms with Gasteiger partial charge in [0.2, 0.25) is 0 Å². The zero-order valence-electron chi connectivity index (χ0n) is 9.33. The van der Waals surface area contributed by atoms with Crippen LogP contribution in [0.3, 0.4) is 0 Å². The van der Waals surface area contributed by atoms with Crippen LogP contribution in [0.2, 0.25) is 0 Å². The van der Waals surface area contributed by atoms with Gasteiger partial charge in [0.05, 0.1) is 16.4 Å². The standard InChI is InChI=1S/C11H19NOS2/c1-11(15-13)8-6-4-2-3-5-7-9-12-10-14/h2-9H2,1H3. The molecule has 0 atom stereocenters. The van der Waals surface area contributed by atoms with E-state index in [1.165, 1.54) is 25.7 Å². The zero-order chi connectivity index (χ0) is 11.4. The number of rotatable bonds is 9. The van der Waals surface area contributed by atoms with Crippen LogP contribution in [-0.4, -0.2) is 20.8 Å². The first kappa shape index (κ1) is 14.7. The maximum Gasteiger partial charge on any atom is 0.0873 e. The minimum Gasteiger partial charge on any atom is -0.233 e. The van der Waals surface area contributed by atoms with Crippen LogP contribution in [0.5, 0.6) is 0 Å². The summed E-state index contributed by atoms with van der Waals surface area (Å²) in [6, 6.07) is 0. The van der Waals surface area contributed by atoms with E-state index in [0.717, 1.165) is 30.7 Å². The van der Waals surface area contributed by atoms with E-state index in [4.69, 9.17) is 0 Å². The molecule has 0 bridgehead atoms. The SMILES string of the molecule is CC(CCCCCCCCN=C=S)=S=O. The second kappa shape index (κ2) is 11.8. The van der Waals surface area contributed by atoms with Gasteiger partial charge in [0, 0.05) is 11.4 Å². The van der Waals surface area contributed by atoms with E-state index in [9.17, 15) is 4.21 Å². The Morgan fingerprint density at radius 2 is 1.80 bits per heavy atom. The van der Waals surface area contributed by atoms with E-state index in [0.29, 0.717) is 11.3 Å². The number of unbranched alkanes of at least 4 members (excludes halogenated alkanes) is 5. The third-order valence-electron chi connectivity index (χ3n) is 2.26. The van der Waals surface area contributed by atoms with Gasteiger partial charge < -0.3 is 0 Å². The average molecular weight is 245 g/mol. The van der Waals surface area contributed by atoms with Crippen LogP contribution in [-0.2, 0) is 11.3 Å². The Hall–Kier alpha value is -0.310. The van der Waals surface area contributed by atoms with Crippen molar-refractivity contribution in [3.8, 4) is 0 Å². The molecule has 0 aromatic carbocycles. The van der Waals surface area contributed by atoms with Crippen LogP contribution in [0.1, 0.15) is 51.9 Å². The van der Waals surface area contributed by atoms with Crippen molar-refractivity contribution >= 4 is 33.5 Å². The average Bonchev–Trinajstić information content (AvgIpc) is 2.26. The first-order chi connectivity index (χ1) is 7.31. The Kier molecular flexibility index (Phi) is 11.5. The van der Waals surface area contributed by atoms with Gasteiger partial charge in [-0.2, -0.15) is 0 Å². The van der Waals surface area contributed by atoms with E-state index in [1.54, 1.807) is 0 Å². The second-order valence-corrected chi connectivity index (χ2v) is 4.68. The quantitative estimate of drug-likeness (QED) is 0.354. The highest BCUT2D eigenvalue weighted by Crippen LogP contribution is 2.07. The van der Waals surface area contributed by atoms with Crippen molar-refractivity contribution in [1.29, 1.82) is 0 Å². The van der Waals surface area contributed by atoms with Crippen LogP contribution in [0.15, 0.2) is 4.99 Å². The van der Waals surface area contributed by atoms with E-state index < -0.39 is 0 Å². The number of nitrogens with zero attached hydrogens (tertiary/aromatic N) is 1. The number of aliphatic imine (C=N–C) groups is 1. The number of isothiocyanates is 1. The fourth-order valence-corrected chi connectivity index (χ4v) is 1.68. The molecule has 0 saturated carbocycles. The maximum atomic E-state index is 10.4. The van der Waals surface area contributed by atoms with Gasteiger partial charge in [-0.3, -0.25) is 0 Å². The van der Waals surface area contributed by atoms with Crippen LogP contribution in [0.25, 0.3) is 0 Å². The largest absolute Gasteiger partial charge is 0.233 e. The molecule has 2 nitrogen and oxygen atoms in total. The summed E-state index contributed by atoms with van der Waals surface area (Å²) in [4.78, 5) is 4.87. The summed E-state index contributed by atoms with van der Waals surface area (Å²) < 4.78 is 10.4. The summed E-state index contributed by atoms with van der Waals surface area (Å²) >= 11 is 5.12. The van der Waals surface area contributed by atoms with Crippen molar-refractivity contribution in [1.82, 2.24) is 0 Å². The molecule has 0 aliphatic heterocycles. The minimum absolute atomic E-state index is 0.640. The molecule has 0 radical (unpaired) electrons. The molecule has 0 N–H and O–H groups in total. The summed E-state index contributed by atoms with van der Waals surface area (Å²) in [7, 11) is 0. The van der Waals surface area contributed by atoms with E-state index in [2.05, 4.69) is 22.4 Å². The zero-order valence-corrected chi connectivity index (χ0v) is 11.0. The molecular weight excluding hydrogens is 226 g/mol. The molecule has 0 heterocycles. The normalized spacial score (nSPS) is 9.40. The van der Waals surface area contributed by atoms with Crippen LogP contribution >= 0.6 is 12.2 Å². The molecular formula is C11H19NOS2. The highest BCUT2D eigenvalue weighted by molar-refractivity contribution is 7.78. The lowest BCUT2D eigenvalue weighted by Crippen LogP contribution is -1.90. The van der Waals surface area contributed by atoms with Gasteiger partial charge in [-0.1, -0.05) is 25.7 Å². The maximum absolute atomic E-state index is 10.4. The molecule has 0 aliphatic carbocycles. The topological polar surface area (TPSA) is 29.4 Å². The highest BCUT2D eigenvalue weighted by atomic mass is 32.1. The molecule has 4 heteroatoms. The number of hydrogen-bond acceptors (Lipinski definition) is 3. The fraction of sp³-hybridized carbons (Fsp3) is 0.818. The Morgan fingerprint density at radius 3 is 2.40 bits per heavy atom. The summed E-state index contributed by atoms with van der Waals surface area (Å²) in [5.41, 5.74) is 0. The molecule has 0 unspecified atom stereocenters. The van der Waals surface area contributed by atoms with Crippen molar-refractivity contribution < 1.29 is 4.21 Å². The number of thiocarbonyl (C=S) groups is 1. The summed E-state index contributed by atoms with van der Waals surface area (Å²) in [6.45, 7) is 2.74. The molecule has 0 aromatic heterocycles. The van der Waals surface area contributed by atoms with Gasteiger partial charge >= 0.3 is 0 Å². The van der Waals surface area contributed by atoms with Crippen molar-refractivity contribution in [2.75, 3.05) is 6.54 Å². The molecule has 0 aliphatic rings. The molecule has 0 aromatic rings. The van der Waals surface area contributed by atoms with E-state index in [-0.39, 0.29) is 0 Å². The molecule has 0 spiro atoms. The van der Waals surface area contributed by atoms with Gasteiger partial charge in [-0.15, -0.1) is 0 Å². The van der Waals surface area contributed by atoms with E-state index >= 15 is 0 Å². The summed E-state index contributed by atoms with van der Waals surface area (Å²) in [5.74, 6) is 0. The monoisotopic (exact) mass is 245 g/mol. The van der Waals surface area contributed by atoms with Gasteiger partial charge in [-0.05, 0) is 38.4 Å². The summed E-state index contributed by atoms with van der Waals surface area (Å²) in [6.07, 6.45) is 8.22. The van der Waals surface area contributed by atoms with Crippen LogP contribution in [0.4, 0.5) is 0 Å². The lowest BCUT2D eigenvalue weighted by molar-refractivity contribution is 0.605. The van der Waals surface area contributed by atoms with Crippen molar-refractivity contribution in [3.63, 3.8) is 0 Å². The Morgan fingerprint density at radius 1 is 1.20 bits per heavy atom. The Bertz CT molecular complexity index is 253. The third kappa shape index (κ3) is 11.6. The highest BCUT2D eigenvalue weighted by Gasteiger charge is 1.93. The van der Waals surface area contributed by atoms with Gasteiger partial charge in [0.25, 0.3) is 0 Å². The smallest absolute Gasteiger partial charge is 0.0873 e. The lowest BCUT2D eigenvalue weighted by Gasteiger charge is -1.99. The lowest BCUT2D eigenvalue weighted by atomic mass is 10.1. The molecule has 15 heavy (non-hydrogen) atoms. The van der Waals surface area contributed by atoms with E-state index in [1.807, 2.05) is 6.92 Å². The van der Waals surface area contributed by atoms with Gasteiger partial charge in [0.1, 0.15) is 0 Å². The molecule has 0 amide bonds. The second-order valence-electron chi connectivity index (χ2n) is 3.63. The number of hydrogen-bond donors (Lipinski definition) is 0. The predicted octanol–water partition coefficient (Wildman–Crippen LogP) is 3.23. The predicted molar refractivity (Wildman–Crippen MR) is 71.0 cm³/mol. The summed E-state index contributed by atoms with van der Waals surface area (Å²) in [5, 5.41) is 2.37. The Labute approximate surface area is 101 Å². The molecule has 0 rings (SSSR count). The van der Waals surface area contributed by atoms with Crippen molar-refractivity contribution in [2.24, 2.45) is 4.99 Å². The Balaban J connectivity index is 3.11. The molecule has 0 saturated heterocycles. The van der Waals surface area contributed by atoms with Crippen molar-refractivity contribution in [2.45, 2.75) is 51.9 Å².